The van der Waals surface area contributed by atoms with Gasteiger partial charge < -0.3 is 10.2 Å². The normalized spacial score (nSPS) is 48.0. The largest absolute Gasteiger partial charge is 0.481 e. The maximum absolute atomic E-state index is 12.5. The fourth-order valence-electron chi connectivity index (χ4n) is 7.50. The molecular weight excluding hydrogens is 340 g/mol. The number of fused-ring (bicyclic) bond motifs is 5. The first-order valence-corrected chi connectivity index (χ1v) is 10.9. The standard InChI is InChI=1S/C23H34O4/c1-22-10-8-14(4-3-5-21(26)27)12-18(22)19(24)13-15-16-6-7-20(25)23(16,2)11-9-17(15)22/h4,15-19,24H,3,5-13H2,1-2H3,(H,26,27)/b14-4-/t15-,16-,17-,18?,19+,22+,23-/m0/s1. The van der Waals surface area contributed by atoms with Crippen molar-refractivity contribution in [3.8, 4) is 0 Å². The van der Waals surface area contributed by atoms with Crippen molar-refractivity contribution in [1.82, 2.24) is 0 Å². The summed E-state index contributed by atoms with van der Waals surface area (Å²) in [5.41, 5.74) is 1.35. The van der Waals surface area contributed by atoms with Crippen molar-refractivity contribution in [3.63, 3.8) is 0 Å². The SMILES string of the molecule is C[C@]12CC/C(=C/CCC(=O)O)CC1[C@H](O)C[C@@H]1[C@@H]2CC[C@]2(C)C(=O)CC[C@@H]12. The Bertz CT molecular complexity index is 667. The predicted octanol–water partition coefficient (Wildman–Crippen LogP) is 4.36. The molecule has 4 rings (SSSR count). The van der Waals surface area contributed by atoms with Crippen LogP contribution in [-0.4, -0.2) is 28.1 Å². The van der Waals surface area contributed by atoms with Crippen molar-refractivity contribution in [2.24, 2.45) is 34.5 Å². The molecule has 0 radical (unpaired) electrons. The highest BCUT2D eigenvalue weighted by Crippen LogP contribution is 2.65. The lowest BCUT2D eigenvalue weighted by molar-refractivity contribution is -0.155. The molecule has 0 spiro atoms. The number of aliphatic hydroxyl groups is 1. The van der Waals surface area contributed by atoms with Gasteiger partial charge in [-0.2, -0.15) is 0 Å². The Morgan fingerprint density at radius 3 is 2.67 bits per heavy atom. The average Bonchev–Trinajstić information content (AvgIpc) is 2.91. The van der Waals surface area contributed by atoms with Gasteiger partial charge in [-0.25, -0.2) is 0 Å². The number of hydrogen-bond donors (Lipinski definition) is 2. The molecule has 0 saturated heterocycles. The zero-order chi connectivity index (χ0) is 19.4. The van der Waals surface area contributed by atoms with E-state index in [4.69, 9.17) is 5.11 Å². The van der Waals surface area contributed by atoms with Crippen LogP contribution >= 0.6 is 0 Å². The van der Waals surface area contributed by atoms with Gasteiger partial charge in [-0.15, -0.1) is 0 Å². The number of rotatable bonds is 3. The van der Waals surface area contributed by atoms with E-state index >= 15 is 0 Å². The van der Waals surface area contributed by atoms with E-state index in [1.165, 1.54) is 5.57 Å². The summed E-state index contributed by atoms with van der Waals surface area (Å²) < 4.78 is 0. The molecule has 4 nitrogen and oxygen atoms in total. The third-order valence-electron chi connectivity index (χ3n) is 9.08. The van der Waals surface area contributed by atoms with Gasteiger partial charge in [0, 0.05) is 18.3 Å². The summed E-state index contributed by atoms with van der Waals surface area (Å²) in [6.07, 6.45) is 10.4. The van der Waals surface area contributed by atoms with E-state index in [0.29, 0.717) is 30.0 Å². The topological polar surface area (TPSA) is 74.6 Å². The van der Waals surface area contributed by atoms with Gasteiger partial charge in [0.1, 0.15) is 5.78 Å². The minimum atomic E-state index is -0.746. The van der Waals surface area contributed by atoms with Crippen LogP contribution in [0.4, 0.5) is 0 Å². The van der Waals surface area contributed by atoms with Gasteiger partial charge in [0.2, 0.25) is 0 Å². The second kappa shape index (κ2) is 6.72. The Labute approximate surface area is 162 Å². The second-order valence-electron chi connectivity index (χ2n) is 10.2. The highest BCUT2D eigenvalue weighted by molar-refractivity contribution is 5.87. The van der Waals surface area contributed by atoms with E-state index in [0.717, 1.165) is 51.4 Å². The van der Waals surface area contributed by atoms with E-state index in [2.05, 4.69) is 19.9 Å². The van der Waals surface area contributed by atoms with Gasteiger partial charge in [0.15, 0.2) is 0 Å². The first kappa shape index (κ1) is 19.2. The summed E-state index contributed by atoms with van der Waals surface area (Å²) in [7, 11) is 0. The molecule has 4 aliphatic rings. The Kier molecular flexibility index (Phi) is 4.77. The van der Waals surface area contributed by atoms with Crippen molar-refractivity contribution < 1.29 is 19.8 Å². The van der Waals surface area contributed by atoms with Gasteiger partial charge in [0.05, 0.1) is 6.10 Å². The molecule has 1 unspecified atom stereocenters. The third-order valence-corrected chi connectivity index (χ3v) is 9.08. The van der Waals surface area contributed by atoms with E-state index in [1.807, 2.05) is 0 Å². The maximum atomic E-state index is 12.5. The molecule has 27 heavy (non-hydrogen) atoms. The van der Waals surface area contributed by atoms with Crippen LogP contribution in [-0.2, 0) is 9.59 Å². The Balaban J connectivity index is 1.54. The number of aliphatic hydroxyl groups excluding tert-OH is 1. The van der Waals surface area contributed by atoms with Crippen molar-refractivity contribution in [3.05, 3.63) is 11.6 Å². The Morgan fingerprint density at radius 1 is 1.15 bits per heavy atom. The number of allylic oxidation sites excluding steroid dienone is 2. The van der Waals surface area contributed by atoms with Gasteiger partial charge >= 0.3 is 5.97 Å². The Hall–Kier alpha value is -1.16. The van der Waals surface area contributed by atoms with Crippen LogP contribution in [0.1, 0.15) is 78.1 Å². The average molecular weight is 375 g/mol. The fourth-order valence-corrected chi connectivity index (χ4v) is 7.50. The lowest BCUT2D eigenvalue weighted by Crippen LogP contribution is -2.57. The van der Waals surface area contributed by atoms with Gasteiger partial charge in [-0.1, -0.05) is 25.5 Å². The molecule has 0 aliphatic heterocycles. The van der Waals surface area contributed by atoms with Crippen molar-refractivity contribution >= 4 is 11.8 Å². The van der Waals surface area contributed by atoms with Crippen molar-refractivity contribution in [1.29, 1.82) is 0 Å². The summed E-state index contributed by atoms with van der Waals surface area (Å²) in [6, 6.07) is 0. The fraction of sp³-hybridized carbons (Fsp3) is 0.826. The van der Waals surface area contributed by atoms with E-state index in [-0.39, 0.29) is 29.3 Å². The third kappa shape index (κ3) is 2.99. The zero-order valence-corrected chi connectivity index (χ0v) is 16.7. The molecule has 0 heterocycles. The number of carboxylic acid groups (broad SMARTS) is 1. The van der Waals surface area contributed by atoms with Crippen LogP contribution in [0.25, 0.3) is 0 Å². The molecule has 7 atom stereocenters. The summed E-state index contributed by atoms with van der Waals surface area (Å²) in [4.78, 5) is 23.3. The predicted molar refractivity (Wildman–Crippen MR) is 103 cm³/mol. The van der Waals surface area contributed by atoms with Crippen molar-refractivity contribution in [2.45, 2.75) is 84.2 Å². The van der Waals surface area contributed by atoms with Crippen LogP contribution < -0.4 is 0 Å². The number of hydrogen-bond acceptors (Lipinski definition) is 3. The quantitative estimate of drug-likeness (QED) is 0.720. The molecule has 2 N–H and O–H groups in total. The van der Waals surface area contributed by atoms with Crippen LogP contribution in [0.2, 0.25) is 0 Å². The number of carboxylic acids is 1. The number of Topliss-reactive ketones (excluding diaryl/α,β-unsaturated/α-hetero) is 1. The minimum Gasteiger partial charge on any atom is -0.481 e. The van der Waals surface area contributed by atoms with Crippen LogP contribution in [0.3, 0.4) is 0 Å². The van der Waals surface area contributed by atoms with E-state index < -0.39 is 5.97 Å². The van der Waals surface area contributed by atoms with Crippen LogP contribution in [0, 0.1) is 34.5 Å². The first-order chi connectivity index (χ1) is 12.8. The molecule has 0 amide bonds. The second-order valence-corrected chi connectivity index (χ2v) is 10.2. The highest BCUT2D eigenvalue weighted by Gasteiger charge is 2.61. The van der Waals surface area contributed by atoms with Crippen molar-refractivity contribution in [2.75, 3.05) is 0 Å². The smallest absolute Gasteiger partial charge is 0.303 e. The summed E-state index contributed by atoms with van der Waals surface area (Å²) in [5.74, 6) is 1.57. The number of ketones is 1. The zero-order valence-electron chi connectivity index (χ0n) is 16.7. The van der Waals surface area contributed by atoms with Crippen LogP contribution in [0.15, 0.2) is 11.6 Å². The highest BCUT2D eigenvalue weighted by atomic mass is 16.4. The van der Waals surface area contributed by atoms with E-state index in [1.54, 1.807) is 0 Å². The molecule has 4 heteroatoms. The monoisotopic (exact) mass is 374 g/mol. The maximum Gasteiger partial charge on any atom is 0.303 e. The van der Waals surface area contributed by atoms with E-state index in [9.17, 15) is 14.7 Å². The van der Waals surface area contributed by atoms with Gasteiger partial charge in [0.25, 0.3) is 0 Å². The number of aliphatic carboxylic acids is 1. The summed E-state index contributed by atoms with van der Waals surface area (Å²) >= 11 is 0. The molecule has 4 aliphatic carbocycles. The Morgan fingerprint density at radius 2 is 1.93 bits per heavy atom. The molecule has 4 fully saturated rings. The van der Waals surface area contributed by atoms with Crippen LogP contribution in [0.5, 0.6) is 0 Å². The molecule has 4 saturated carbocycles. The van der Waals surface area contributed by atoms with Gasteiger partial charge in [-0.3, -0.25) is 9.59 Å². The molecule has 0 aromatic heterocycles. The molecular formula is C23H34O4. The van der Waals surface area contributed by atoms with Gasteiger partial charge in [-0.05, 0) is 80.5 Å². The lowest BCUT2D eigenvalue weighted by atomic mass is 9.44. The summed E-state index contributed by atoms with van der Waals surface area (Å²) in [6.45, 7) is 4.58. The lowest BCUT2D eigenvalue weighted by Gasteiger charge is -2.61. The number of carbonyl (C=O) groups is 2. The molecule has 150 valence electrons. The summed E-state index contributed by atoms with van der Waals surface area (Å²) in [5, 5.41) is 20.0. The number of carbonyl (C=O) groups excluding carboxylic acids is 1. The first-order valence-electron chi connectivity index (χ1n) is 10.9. The molecule has 0 aromatic carbocycles. The molecule has 0 bridgehead atoms. The minimum absolute atomic E-state index is 0.138. The molecule has 0 aromatic rings.